The molecule has 2 aromatic carbocycles. The second-order valence-corrected chi connectivity index (χ2v) is 5.62. The molecule has 0 saturated carbocycles. The van der Waals surface area contributed by atoms with Crippen LogP contribution in [0, 0.1) is 0 Å². The molecule has 0 unspecified atom stereocenters. The van der Waals surface area contributed by atoms with Crippen LogP contribution in [0.15, 0.2) is 48.5 Å². The summed E-state index contributed by atoms with van der Waals surface area (Å²) in [6.07, 6.45) is 0. The van der Waals surface area contributed by atoms with Gasteiger partial charge in [-0.05, 0) is 59.8 Å². The van der Waals surface area contributed by atoms with Crippen LogP contribution in [0.25, 0.3) is 0 Å². The quantitative estimate of drug-likeness (QED) is 0.732. The number of amides is 1. The van der Waals surface area contributed by atoms with Gasteiger partial charge in [-0.25, -0.2) is 4.68 Å². The largest absolute Gasteiger partial charge is 0.486 e. The Morgan fingerprint density at radius 1 is 1.24 bits per heavy atom. The van der Waals surface area contributed by atoms with Gasteiger partial charge in [-0.1, -0.05) is 17.7 Å². The molecule has 1 aromatic heterocycles. The Morgan fingerprint density at radius 2 is 2.04 bits per heavy atom. The molecular weight excluding hydrogens is 342 g/mol. The predicted octanol–water partition coefficient (Wildman–Crippen LogP) is 3.18. The standard InChI is InChI=1S/C17H16ClN5O2/c1-2-23-16(20-21-22-23)11-25-15-8-6-12(7-9-15)17(24)19-14-5-3-4-13(18)10-14/h3-10H,2,11H2,1H3,(H,19,24). The van der Waals surface area contributed by atoms with Crippen LogP contribution in [0.3, 0.4) is 0 Å². The third-order valence-electron chi connectivity index (χ3n) is 3.47. The maximum atomic E-state index is 12.2. The smallest absolute Gasteiger partial charge is 0.255 e. The number of anilines is 1. The highest BCUT2D eigenvalue weighted by molar-refractivity contribution is 6.30. The number of tetrazole rings is 1. The lowest BCUT2D eigenvalue weighted by atomic mass is 10.2. The second-order valence-electron chi connectivity index (χ2n) is 5.19. The van der Waals surface area contributed by atoms with Crippen molar-refractivity contribution in [2.75, 3.05) is 5.32 Å². The van der Waals surface area contributed by atoms with Gasteiger partial charge in [0.2, 0.25) is 0 Å². The zero-order chi connectivity index (χ0) is 17.6. The Morgan fingerprint density at radius 3 is 2.76 bits per heavy atom. The van der Waals surface area contributed by atoms with E-state index in [0.717, 1.165) is 0 Å². The number of ether oxygens (including phenoxy) is 1. The first kappa shape index (κ1) is 16.9. The number of halogens is 1. The highest BCUT2D eigenvalue weighted by Crippen LogP contribution is 2.17. The molecule has 1 heterocycles. The van der Waals surface area contributed by atoms with Crippen LogP contribution < -0.4 is 10.1 Å². The maximum absolute atomic E-state index is 12.2. The van der Waals surface area contributed by atoms with Gasteiger partial charge < -0.3 is 10.1 Å². The highest BCUT2D eigenvalue weighted by atomic mass is 35.5. The number of aromatic nitrogens is 4. The fourth-order valence-corrected chi connectivity index (χ4v) is 2.38. The first-order chi connectivity index (χ1) is 12.2. The van der Waals surface area contributed by atoms with Crippen molar-refractivity contribution in [3.8, 4) is 5.75 Å². The fourth-order valence-electron chi connectivity index (χ4n) is 2.19. The van der Waals surface area contributed by atoms with E-state index in [1.54, 1.807) is 53.2 Å². The van der Waals surface area contributed by atoms with Crippen molar-refractivity contribution in [3.05, 3.63) is 64.9 Å². The minimum absolute atomic E-state index is 0.219. The number of nitrogens with zero attached hydrogens (tertiary/aromatic N) is 4. The Hall–Kier alpha value is -2.93. The monoisotopic (exact) mass is 357 g/mol. The highest BCUT2D eigenvalue weighted by Gasteiger charge is 2.08. The average Bonchev–Trinajstić information content (AvgIpc) is 3.08. The normalized spacial score (nSPS) is 10.5. The third kappa shape index (κ3) is 4.33. The molecule has 0 saturated heterocycles. The van der Waals surface area contributed by atoms with Gasteiger partial charge in [-0.2, -0.15) is 0 Å². The number of nitrogens with one attached hydrogen (secondary N) is 1. The van der Waals surface area contributed by atoms with Crippen molar-refractivity contribution < 1.29 is 9.53 Å². The van der Waals surface area contributed by atoms with Crippen LogP contribution in [0.2, 0.25) is 5.02 Å². The van der Waals surface area contributed by atoms with Gasteiger partial charge in [0.05, 0.1) is 0 Å². The van der Waals surface area contributed by atoms with Crippen LogP contribution in [0.1, 0.15) is 23.1 Å². The average molecular weight is 358 g/mol. The molecule has 0 aliphatic rings. The van der Waals surface area contributed by atoms with E-state index in [1.165, 1.54) is 0 Å². The van der Waals surface area contributed by atoms with Gasteiger partial charge in [0.25, 0.3) is 5.91 Å². The molecule has 7 nitrogen and oxygen atoms in total. The number of carbonyl (C=O) groups is 1. The van der Waals surface area contributed by atoms with Gasteiger partial charge in [-0.3, -0.25) is 4.79 Å². The minimum atomic E-state index is -0.219. The Bertz CT molecular complexity index is 863. The van der Waals surface area contributed by atoms with E-state index in [1.807, 2.05) is 6.92 Å². The van der Waals surface area contributed by atoms with E-state index in [9.17, 15) is 4.79 Å². The van der Waals surface area contributed by atoms with E-state index < -0.39 is 0 Å². The summed E-state index contributed by atoms with van der Waals surface area (Å²) < 4.78 is 7.31. The van der Waals surface area contributed by atoms with Crippen molar-refractivity contribution in [1.29, 1.82) is 0 Å². The maximum Gasteiger partial charge on any atom is 0.255 e. The van der Waals surface area contributed by atoms with Gasteiger partial charge in [0.1, 0.15) is 12.4 Å². The summed E-state index contributed by atoms with van der Waals surface area (Å²) in [5.74, 6) is 1.05. The summed E-state index contributed by atoms with van der Waals surface area (Å²) >= 11 is 5.91. The predicted molar refractivity (Wildman–Crippen MR) is 93.7 cm³/mol. The molecule has 25 heavy (non-hydrogen) atoms. The van der Waals surface area contributed by atoms with E-state index in [-0.39, 0.29) is 12.5 Å². The van der Waals surface area contributed by atoms with Crippen molar-refractivity contribution in [2.24, 2.45) is 0 Å². The molecule has 0 bridgehead atoms. The SMILES string of the molecule is CCn1nnnc1COc1ccc(C(=O)Nc2cccc(Cl)c2)cc1. The molecule has 1 amide bonds. The number of benzene rings is 2. The van der Waals surface area contributed by atoms with Crippen LogP contribution in [-0.4, -0.2) is 26.1 Å². The molecule has 128 valence electrons. The van der Waals surface area contributed by atoms with Crippen LogP contribution in [0.5, 0.6) is 5.75 Å². The first-order valence-electron chi connectivity index (χ1n) is 7.70. The van der Waals surface area contributed by atoms with E-state index in [4.69, 9.17) is 16.3 Å². The first-order valence-corrected chi connectivity index (χ1v) is 8.08. The summed E-state index contributed by atoms with van der Waals surface area (Å²) in [4.78, 5) is 12.2. The van der Waals surface area contributed by atoms with Crippen molar-refractivity contribution in [1.82, 2.24) is 20.2 Å². The summed E-state index contributed by atoms with van der Waals surface area (Å²) in [6.45, 7) is 2.89. The minimum Gasteiger partial charge on any atom is -0.486 e. The number of hydrogen-bond donors (Lipinski definition) is 1. The van der Waals surface area contributed by atoms with Crippen molar-refractivity contribution in [2.45, 2.75) is 20.1 Å². The van der Waals surface area contributed by atoms with E-state index in [0.29, 0.717) is 34.4 Å². The zero-order valence-corrected chi connectivity index (χ0v) is 14.3. The van der Waals surface area contributed by atoms with Gasteiger partial charge in [0, 0.05) is 22.8 Å². The van der Waals surface area contributed by atoms with E-state index in [2.05, 4.69) is 20.8 Å². The zero-order valence-electron chi connectivity index (χ0n) is 13.5. The summed E-state index contributed by atoms with van der Waals surface area (Å²) in [7, 11) is 0. The Balaban J connectivity index is 1.60. The van der Waals surface area contributed by atoms with Crippen LogP contribution in [-0.2, 0) is 13.2 Å². The van der Waals surface area contributed by atoms with Crippen molar-refractivity contribution >= 4 is 23.2 Å². The van der Waals surface area contributed by atoms with Gasteiger partial charge in [-0.15, -0.1) is 5.10 Å². The Labute approximate surface area is 149 Å². The topological polar surface area (TPSA) is 81.9 Å². The molecule has 0 aliphatic carbocycles. The molecule has 0 aliphatic heterocycles. The Kier molecular flexibility index (Phi) is 5.25. The molecule has 3 rings (SSSR count). The van der Waals surface area contributed by atoms with Crippen molar-refractivity contribution in [3.63, 3.8) is 0 Å². The number of carbonyl (C=O) groups excluding carboxylic acids is 1. The molecule has 8 heteroatoms. The van der Waals surface area contributed by atoms with E-state index >= 15 is 0 Å². The number of aryl methyl sites for hydroxylation is 1. The summed E-state index contributed by atoms with van der Waals surface area (Å²) in [5.41, 5.74) is 1.16. The molecular formula is C17H16ClN5O2. The summed E-state index contributed by atoms with van der Waals surface area (Å²) in [6, 6.07) is 13.8. The molecule has 0 spiro atoms. The third-order valence-corrected chi connectivity index (χ3v) is 3.71. The molecule has 3 aromatic rings. The number of hydrogen-bond acceptors (Lipinski definition) is 5. The molecule has 0 radical (unpaired) electrons. The van der Waals surface area contributed by atoms with Gasteiger partial charge in [0.15, 0.2) is 5.82 Å². The second kappa shape index (κ2) is 7.76. The lowest BCUT2D eigenvalue weighted by molar-refractivity contribution is 0.102. The molecule has 1 N–H and O–H groups in total. The lowest BCUT2D eigenvalue weighted by Crippen LogP contribution is -2.11. The van der Waals surface area contributed by atoms with Gasteiger partial charge >= 0.3 is 0 Å². The molecule has 0 fully saturated rings. The number of rotatable bonds is 6. The summed E-state index contributed by atoms with van der Waals surface area (Å²) in [5, 5.41) is 14.7. The molecule has 0 atom stereocenters. The van der Waals surface area contributed by atoms with Crippen LogP contribution in [0.4, 0.5) is 5.69 Å². The van der Waals surface area contributed by atoms with Crippen LogP contribution >= 0.6 is 11.6 Å². The fraction of sp³-hybridized carbons (Fsp3) is 0.176. The lowest BCUT2D eigenvalue weighted by Gasteiger charge is -2.08.